The second kappa shape index (κ2) is 6.92. The summed E-state index contributed by atoms with van der Waals surface area (Å²) in [6.07, 6.45) is 5.23. The van der Waals surface area contributed by atoms with Gasteiger partial charge in [-0.15, -0.1) is 0 Å². The third-order valence-corrected chi connectivity index (χ3v) is 4.42. The van der Waals surface area contributed by atoms with Crippen LogP contribution in [-0.4, -0.2) is 53.2 Å². The number of rotatable bonds is 5. The Morgan fingerprint density at radius 2 is 2.10 bits per heavy atom. The fourth-order valence-electron chi connectivity index (χ4n) is 3.32. The highest BCUT2D eigenvalue weighted by Crippen LogP contribution is 2.26. The molecule has 0 saturated carbocycles. The molecule has 3 N–H and O–H groups in total. The quantitative estimate of drug-likeness (QED) is 0.707. The highest BCUT2D eigenvalue weighted by Gasteiger charge is 2.36. The molecule has 0 spiro atoms. The molecule has 3 unspecified atom stereocenters. The van der Waals surface area contributed by atoms with Crippen molar-refractivity contribution in [3.63, 3.8) is 0 Å². The van der Waals surface area contributed by atoms with E-state index in [2.05, 4.69) is 15.5 Å². The number of amides is 2. The molecule has 2 aliphatic rings. The first-order valence-corrected chi connectivity index (χ1v) is 7.63. The predicted octanol–water partition coefficient (Wildman–Crippen LogP) is 1.17. The Labute approximate surface area is 119 Å². The smallest absolute Gasteiger partial charge is 0.315 e. The van der Waals surface area contributed by atoms with Crippen LogP contribution in [0.15, 0.2) is 0 Å². The van der Waals surface area contributed by atoms with E-state index in [1.807, 2.05) is 6.92 Å². The summed E-state index contributed by atoms with van der Waals surface area (Å²) >= 11 is 0. The Morgan fingerprint density at radius 3 is 2.80 bits per heavy atom. The minimum atomic E-state index is -0.878. The molecule has 2 saturated heterocycles. The minimum Gasteiger partial charge on any atom is -0.481 e. The minimum absolute atomic E-state index is 0.0237. The highest BCUT2D eigenvalue weighted by atomic mass is 16.4. The average Bonchev–Trinajstić information content (AvgIpc) is 2.81. The van der Waals surface area contributed by atoms with Crippen molar-refractivity contribution in [1.29, 1.82) is 0 Å². The number of urea groups is 1. The average molecular weight is 283 g/mol. The number of aliphatic carboxylic acids is 1. The summed E-state index contributed by atoms with van der Waals surface area (Å²) in [5, 5.41) is 14.6. The molecule has 20 heavy (non-hydrogen) atoms. The zero-order valence-corrected chi connectivity index (χ0v) is 12.1. The van der Waals surface area contributed by atoms with Gasteiger partial charge in [-0.1, -0.05) is 13.3 Å². The fourth-order valence-corrected chi connectivity index (χ4v) is 3.32. The lowest BCUT2D eigenvalue weighted by atomic mass is 9.99. The second-order valence-corrected chi connectivity index (χ2v) is 5.82. The molecule has 2 rings (SSSR count). The lowest BCUT2D eigenvalue weighted by Gasteiger charge is -2.32. The maximum Gasteiger partial charge on any atom is 0.315 e. The number of carbonyl (C=O) groups is 2. The monoisotopic (exact) mass is 283 g/mol. The number of nitrogens with zero attached hydrogens (tertiary/aromatic N) is 1. The highest BCUT2D eigenvalue weighted by molar-refractivity contribution is 5.76. The molecule has 2 aliphatic heterocycles. The number of hydrogen-bond acceptors (Lipinski definition) is 3. The van der Waals surface area contributed by atoms with E-state index in [-0.39, 0.29) is 24.5 Å². The van der Waals surface area contributed by atoms with E-state index in [9.17, 15) is 9.59 Å². The van der Waals surface area contributed by atoms with Gasteiger partial charge in [-0.25, -0.2) is 4.79 Å². The summed E-state index contributed by atoms with van der Waals surface area (Å²) in [6, 6.07) is 0.151. The first-order chi connectivity index (χ1) is 9.60. The Bertz CT molecular complexity index is 362. The molecule has 0 aliphatic carbocycles. The van der Waals surface area contributed by atoms with Gasteiger partial charge in [-0.2, -0.15) is 0 Å². The molecule has 6 heteroatoms. The van der Waals surface area contributed by atoms with E-state index in [0.29, 0.717) is 12.5 Å². The molecule has 2 fully saturated rings. The van der Waals surface area contributed by atoms with E-state index in [1.54, 1.807) is 0 Å². The largest absolute Gasteiger partial charge is 0.481 e. The van der Waals surface area contributed by atoms with Crippen LogP contribution in [0.5, 0.6) is 0 Å². The summed E-state index contributed by atoms with van der Waals surface area (Å²) in [5.74, 6) is -0.878. The molecule has 114 valence electrons. The normalized spacial score (nSPS) is 27.6. The van der Waals surface area contributed by atoms with Crippen LogP contribution in [0.1, 0.15) is 45.4 Å². The van der Waals surface area contributed by atoms with Gasteiger partial charge in [-0.3, -0.25) is 9.69 Å². The van der Waals surface area contributed by atoms with Crippen molar-refractivity contribution in [2.75, 3.05) is 13.1 Å². The van der Waals surface area contributed by atoms with Gasteiger partial charge in [0, 0.05) is 24.7 Å². The van der Waals surface area contributed by atoms with E-state index >= 15 is 0 Å². The van der Waals surface area contributed by atoms with Gasteiger partial charge >= 0.3 is 12.0 Å². The molecule has 2 amide bonds. The van der Waals surface area contributed by atoms with Crippen molar-refractivity contribution >= 4 is 12.0 Å². The van der Waals surface area contributed by atoms with Crippen molar-refractivity contribution in [2.45, 2.75) is 63.6 Å². The SMILES string of the molecule is CCC(CC(=O)O)NC(=O)NC1CCN2CCCCC12. The summed E-state index contributed by atoms with van der Waals surface area (Å²) < 4.78 is 0. The van der Waals surface area contributed by atoms with Gasteiger partial charge < -0.3 is 15.7 Å². The molecule has 0 aromatic carbocycles. The van der Waals surface area contributed by atoms with Crippen molar-refractivity contribution in [3.8, 4) is 0 Å². The number of carboxylic acid groups (broad SMARTS) is 1. The predicted molar refractivity (Wildman–Crippen MR) is 75.6 cm³/mol. The summed E-state index contributed by atoms with van der Waals surface area (Å²) in [5.41, 5.74) is 0. The van der Waals surface area contributed by atoms with Crippen LogP contribution in [0.4, 0.5) is 4.79 Å². The molecule has 0 aromatic heterocycles. The van der Waals surface area contributed by atoms with E-state index < -0.39 is 5.97 Å². The van der Waals surface area contributed by atoms with Gasteiger partial charge in [0.05, 0.1) is 6.42 Å². The molecule has 6 nitrogen and oxygen atoms in total. The van der Waals surface area contributed by atoms with Crippen molar-refractivity contribution in [2.24, 2.45) is 0 Å². The first-order valence-electron chi connectivity index (χ1n) is 7.63. The summed E-state index contributed by atoms with van der Waals surface area (Å²) in [4.78, 5) is 25.2. The molecular formula is C14H25N3O3. The van der Waals surface area contributed by atoms with Crippen LogP contribution in [0.25, 0.3) is 0 Å². The van der Waals surface area contributed by atoms with Crippen molar-refractivity contribution < 1.29 is 14.7 Å². The molecule has 0 bridgehead atoms. The second-order valence-electron chi connectivity index (χ2n) is 5.82. The molecular weight excluding hydrogens is 258 g/mol. The van der Waals surface area contributed by atoms with Gasteiger partial charge in [0.25, 0.3) is 0 Å². The van der Waals surface area contributed by atoms with Crippen LogP contribution in [0.3, 0.4) is 0 Å². The van der Waals surface area contributed by atoms with Gasteiger partial charge in [-0.05, 0) is 32.2 Å². The number of nitrogens with one attached hydrogen (secondary N) is 2. The van der Waals surface area contributed by atoms with Crippen LogP contribution in [0, 0.1) is 0 Å². The number of piperidine rings is 1. The fraction of sp³-hybridized carbons (Fsp3) is 0.857. The lowest BCUT2D eigenvalue weighted by Crippen LogP contribution is -2.51. The zero-order valence-electron chi connectivity index (χ0n) is 12.1. The van der Waals surface area contributed by atoms with Crippen molar-refractivity contribution in [1.82, 2.24) is 15.5 Å². The Hall–Kier alpha value is -1.30. The molecule has 0 aromatic rings. The van der Waals surface area contributed by atoms with E-state index in [0.717, 1.165) is 25.9 Å². The maximum absolute atomic E-state index is 12.0. The van der Waals surface area contributed by atoms with E-state index in [4.69, 9.17) is 5.11 Å². The van der Waals surface area contributed by atoms with Crippen molar-refractivity contribution in [3.05, 3.63) is 0 Å². The Kier molecular flexibility index (Phi) is 5.23. The maximum atomic E-state index is 12.0. The van der Waals surface area contributed by atoms with Crippen LogP contribution in [-0.2, 0) is 4.79 Å². The molecule has 3 atom stereocenters. The first kappa shape index (κ1) is 15.1. The topological polar surface area (TPSA) is 81.7 Å². The van der Waals surface area contributed by atoms with Crippen LogP contribution in [0.2, 0.25) is 0 Å². The van der Waals surface area contributed by atoms with Gasteiger partial charge in [0.2, 0.25) is 0 Å². The third-order valence-electron chi connectivity index (χ3n) is 4.42. The summed E-state index contributed by atoms with van der Waals surface area (Å²) in [7, 11) is 0. The lowest BCUT2D eigenvalue weighted by molar-refractivity contribution is -0.137. The Balaban J connectivity index is 1.80. The number of fused-ring (bicyclic) bond motifs is 1. The van der Waals surface area contributed by atoms with Crippen LogP contribution < -0.4 is 10.6 Å². The van der Waals surface area contributed by atoms with E-state index in [1.165, 1.54) is 12.8 Å². The number of hydrogen-bond donors (Lipinski definition) is 3. The standard InChI is InChI=1S/C14H25N3O3/c1-2-10(9-13(18)19)15-14(20)16-11-6-8-17-7-4-3-5-12(11)17/h10-12H,2-9H2,1H3,(H,18,19)(H2,15,16,20). The third kappa shape index (κ3) is 3.85. The number of carbonyl (C=O) groups excluding carboxylic acids is 1. The summed E-state index contributed by atoms with van der Waals surface area (Å²) in [6.45, 7) is 4.08. The Morgan fingerprint density at radius 1 is 1.30 bits per heavy atom. The van der Waals surface area contributed by atoms with Crippen LogP contribution >= 0.6 is 0 Å². The van der Waals surface area contributed by atoms with Gasteiger partial charge in [0.1, 0.15) is 0 Å². The molecule has 0 radical (unpaired) electrons. The molecule has 2 heterocycles. The number of carboxylic acids is 1. The zero-order chi connectivity index (χ0) is 14.5. The van der Waals surface area contributed by atoms with Gasteiger partial charge in [0.15, 0.2) is 0 Å².